The number of hydrogen-bond donors (Lipinski definition) is 2. The Hall–Kier alpha value is -0.640. The van der Waals surface area contributed by atoms with Crippen LogP contribution >= 0.6 is 11.6 Å². The van der Waals surface area contributed by atoms with E-state index >= 15 is 0 Å². The van der Waals surface area contributed by atoms with Crippen LogP contribution in [-0.4, -0.2) is 16.2 Å². The summed E-state index contributed by atoms with van der Waals surface area (Å²) in [6, 6.07) is 3.03. The van der Waals surface area contributed by atoms with Crippen molar-refractivity contribution in [3.63, 3.8) is 0 Å². The molecule has 3 nitrogen and oxygen atoms in total. The number of nitrogens with two attached hydrogens (primary N) is 1. The molecule has 0 aliphatic heterocycles. The minimum Gasteiger partial charge on any atom is -0.391 e. The van der Waals surface area contributed by atoms with Crippen molar-refractivity contribution in [1.29, 1.82) is 0 Å². The third-order valence-electron chi connectivity index (χ3n) is 1.67. The minimum atomic E-state index is -0.619. The van der Waals surface area contributed by atoms with Gasteiger partial charge in [-0.15, -0.1) is 0 Å². The van der Waals surface area contributed by atoms with Crippen molar-refractivity contribution in [2.75, 3.05) is 0 Å². The van der Waals surface area contributed by atoms with Crippen LogP contribution in [0.3, 0.4) is 0 Å². The van der Waals surface area contributed by atoms with E-state index in [1.54, 1.807) is 25.3 Å². The Morgan fingerprint density at radius 3 is 2.83 bits per heavy atom. The smallest absolute Gasteiger partial charge is 0.133 e. The molecular weight excluding hydrogens is 176 g/mol. The van der Waals surface area contributed by atoms with Crippen molar-refractivity contribution in [2.24, 2.45) is 5.73 Å². The molecule has 12 heavy (non-hydrogen) atoms. The van der Waals surface area contributed by atoms with Crippen molar-refractivity contribution in [3.05, 3.63) is 29.0 Å². The van der Waals surface area contributed by atoms with E-state index in [-0.39, 0.29) is 0 Å². The van der Waals surface area contributed by atoms with E-state index in [1.807, 2.05) is 0 Å². The predicted octanol–water partition coefficient (Wildman–Crippen LogP) is 1.12. The first-order valence-electron chi connectivity index (χ1n) is 3.67. The fourth-order valence-corrected chi connectivity index (χ4v) is 1.15. The maximum Gasteiger partial charge on any atom is 0.133 e. The Morgan fingerprint density at radius 2 is 2.33 bits per heavy atom. The lowest BCUT2D eigenvalue weighted by Gasteiger charge is -2.15. The highest BCUT2D eigenvalue weighted by Gasteiger charge is 2.14. The zero-order valence-electron chi connectivity index (χ0n) is 6.74. The molecule has 0 aliphatic carbocycles. The van der Waals surface area contributed by atoms with Crippen molar-refractivity contribution in [3.8, 4) is 0 Å². The van der Waals surface area contributed by atoms with E-state index in [1.165, 1.54) is 0 Å². The van der Waals surface area contributed by atoms with E-state index in [0.29, 0.717) is 10.7 Å². The fourth-order valence-electron chi connectivity index (χ4n) is 0.907. The van der Waals surface area contributed by atoms with E-state index in [0.717, 1.165) is 0 Å². The zero-order valence-corrected chi connectivity index (χ0v) is 7.49. The quantitative estimate of drug-likeness (QED) is 0.681. The molecule has 0 saturated heterocycles. The summed E-state index contributed by atoms with van der Waals surface area (Å²) < 4.78 is 0. The molecule has 1 aromatic rings. The van der Waals surface area contributed by atoms with E-state index in [9.17, 15) is 5.11 Å². The van der Waals surface area contributed by atoms with Gasteiger partial charge in [0.25, 0.3) is 0 Å². The number of halogens is 1. The molecule has 1 heterocycles. The maximum absolute atomic E-state index is 9.19. The third kappa shape index (κ3) is 1.94. The second-order valence-electron chi connectivity index (χ2n) is 2.65. The van der Waals surface area contributed by atoms with Crippen LogP contribution in [0.15, 0.2) is 18.3 Å². The van der Waals surface area contributed by atoms with Gasteiger partial charge in [0, 0.05) is 11.8 Å². The molecule has 66 valence electrons. The van der Waals surface area contributed by atoms with Gasteiger partial charge in [-0.1, -0.05) is 17.7 Å². The molecule has 0 spiro atoms. The SMILES string of the molecule is C[C@@H](O)[C@H](N)c1cccnc1Cl. The van der Waals surface area contributed by atoms with Crippen LogP contribution < -0.4 is 5.73 Å². The van der Waals surface area contributed by atoms with Crippen LogP contribution in [0.1, 0.15) is 18.5 Å². The van der Waals surface area contributed by atoms with Gasteiger partial charge in [-0.25, -0.2) is 4.98 Å². The van der Waals surface area contributed by atoms with Crippen LogP contribution in [0.5, 0.6) is 0 Å². The summed E-state index contributed by atoms with van der Waals surface area (Å²) in [5, 5.41) is 9.54. The van der Waals surface area contributed by atoms with Gasteiger partial charge in [0.05, 0.1) is 12.1 Å². The Morgan fingerprint density at radius 1 is 1.67 bits per heavy atom. The summed E-state index contributed by atoms with van der Waals surface area (Å²) >= 11 is 5.76. The lowest BCUT2D eigenvalue weighted by Crippen LogP contribution is -2.23. The zero-order chi connectivity index (χ0) is 9.14. The van der Waals surface area contributed by atoms with E-state index < -0.39 is 12.1 Å². The van der Waals surface area contributed by atoms with Gasteiger partial charge >= 0.3 is 0 Å². The first-order valence-corrected chi connectivity index (χ1v) is 4.04. The van der Waals surface area contributed by atoms with Gasteiger partial charge in [-0.2, -0.15) is 0 Å². The topological polar surface area (TPSA) is 59.1 Å². The number of pyridine rings is 1. The molecule has 3 N–H and O–H groups in total. The van der Waals surface area contributed by atoms with Crippen molar-refractivity contribution in [1.82, 2.24) is 4.98 Å². The largest absolute Gasteiger partial charge is 0.391 e. The second-order valence-corrected chi connectivity index (χ2v) is 3.01. The average Bonchev–Trinajstić information content (AvgIpc) is 2.04. The number of rotatable bonds is 2. The summed E-state index contributed by atoms with van der Waals surface area (Å²) in [6.07, 6.45) is 0.965. The van der Waals surface area contributed by atoms with Crippen LogP contribution in [0.2, 0.25) is 5.15 Å². The Kier molecular flexibility index (Phi) is 3.03. The van der Waals surface area contributed by atoms with Crippen LogP contribution in [0.4, 0.5) is 0 Å². The Labute approximate surface area is 76.2 Å². The third-order valence-corrected chi connectivity index (χ3v) is 1.98. The molecule has 2 atom stereocenters. The van der Waals surface area contributed by atoms with Crippen LogP contribution in [0.25, 0.3) is 0 Å². The highest BCUT2D eigenvalue weighted by atomic mass is 35.5. The number of aliphatic hydroxyl groups is 1. The minimum absolute atomic E-state index is 0.353. The molecule has 0 unspecified atom stereocenters. The number of aliphatic hydroxyl groups excluding tert-OH is 1. The average molecular weight is 187 g/mol. The summed E-state index contributed by atoms with van der Waals surface area (Å²) in [7, 11) is 0. The molecule has 0 saturated carbocycles. The lowest BCUT2D eigenvalue weighted by atomic mass is 10.1. The molecule has 0 bridgehead atoms. The van der Waals surface area contributed by atoms with Crippen molar-refractivity contribution >= 4 is 11.6 Å². The predicted molar refractivity (Wildman–Crippen MR) is 47.9 cm³/mol. The number of nitrogens with zero attached hydrogens (tertiary/aromatic N) is 1. The second kappa shape index (κ2) is 3.85. The molecule has 0 aliphatic rings. The number of aromatic nitrogens is 1. The first kappa shape index (κ1) is 9.45. The maximum atomic E-state index is 9.19. The van der Waals surface area contributed by atoms with Crippen LogP contribution in [0, 0.1) is 0 Å². The molecule has 0 amide bonds. The summed E-state index contributed by atoms with van der Waals surface area (Å²) in [5.74, 6) is 0. The van der Waals surface area contributed by atoms with E-state index in [4.69, 9.17) is 17.3 Å². The first-order chi connectivity index (χ1) is 5.63. The summed E-state index contributed by atoms with van der Waals surface area (Å²) in [6.45, 7) is 1.62. The van der Waals surface area contributed by atoms with Gasteiger partial charge in [-0.05, 0) is 13.0 Å². The summed E-state index contributed by atoms with van der Waals surface area (Å²) in [5.41, 5.74) is 6.34. The highest BCUT2D eigenvalue weighted by Crippen LogP contribution is 2.20. The molecule has 0 fully saturated rings. The molecule has 1 rings (SSSR count). The van der Waals surface area contributed by atoms with Gasteiger partial charge in [-0.3, -0.25) is 0 Å². The van der Waals surface area contributed by atoms with Crippen molar-refractivity contribution in [2.45, 2.75) is 19.1 Å². The van der Waals surface area contributed by atoms with Gasteiger partial charge < -0.3 is 10.8 Å². The summed E-state index contributed by atoms with van der Waals surface area (Å²) in [4.78, 5) is 3.86. The molecular formula is C8H11ClN2O. The van der Waals surface area contributed by atoms with E-state index in [2.05, 4.69) is 4.98 Å². The Balaban J connectivity index is 2.94. The molecule has 1 aromatic heterocycles. The monoisotopic (exact) mass is 186 g/mol. The highest BCUT2D eigenvalue weighted by molar-refractivity contribution is 6.30. The molecule has 0 aromatic carbocycles. The fraction of sp³-hybridized carbons (Fsp3) is 0.375. The van der Waals surface area contributed by atoms with Gasteiger partial charge in [0.2, 0.25) is 0 Å². The van der Waals surface area contributed by atoms with Crippen LogP contribution in [-0.2, 0) is 0 Å². The van der Waals surface area contributed by atoms with Crippen molar-refractivity contribution < 1.29 is 5.11 Å². The standard InChI is InChI=1S/C8H11ClN2O/c1-5(12)7(10)6-3-2-4-11-8(6)9/h2-5,7,12H,10H2,1H3/t5-,7+/m1/s1. The normalized spacial score (nSPS) is 15.7. The molecule has 0 radical (unpaired) electrons. The molecule has 4 heteroatoms. The van der Waals surface area contributed by atoms with Gasteiger partial charge in [0.1, 0.15) is 5.15 Å². The Bertz CT molecular complexity index is 265. The lowest BCUT2D eigenvalue weighted by molar-refractivity contribution is 0.164. The number of hydrogen-bond acceptors (Lipinski definition) is 3. The van der Waals surface area contributed by atoms with Gasteiger partial charge in [0.15, 0.2) is 0 Å².